The smallest absolute Gasteiger partial charge is 0.410 e. The molecule has 2 aliphatic rings. The van der Waals surface area contributed by atoms with Gasteiger partial charge in [-0.1, -0.05) is 0 Å². The van der Waals surface area contributed by atoms with Crippen LogP contribution in [0.3, 0.4) is 0 Å². The first-order chi connectivity index (χ1) is 9.19. The summed E-state index contributed by atoms with van der Waals surface area (Å²) in [6.07, 6.45) is -3.32. The number of esters is 1. The van der Waals surface area contributed by atoms with Gasteiger partial charge < -0.3 is 14.2 Å². The largest absolute Gasteiger partial charge is 0.458 e. The Morgan fingerprint density at radius 1 is 1.35 bits per heavy atom. The lowest BCUT2D eigenvalue weighted by molar-refractivity contribution is -0.148. The molecule has 4 atom stereocenters. The number of amides is 1. The molecule has 6 nitrogen and oxygen atoms in total. The van der Waals surface area contributed by atoms with Gasteiger partial charge in [0, 0.05) is 6.92 Å². The van der Waals surface area contributed by atoms with Gasteiger partial charge in [-0.2, -0.15) is 0 Å². The number of rotatable bonds is 1. The molecule has 2 rings (SSSR count). The Hall–Kier alpha value is -1.37. The molecular formula is C13H20FNO5. The van der Waals surface area contributed by atoms with Crippen molar-refractivity contribution in [3.8, 4) is 0 Å². The number of alkyl halides is 1. The number of halogens is 1. The van der Waals surface area contributed by atoms with E-state index in [1.54, 1.807) is 20.8 Å². The minimum Gasteiger partial charge on any atom is -0.458 e. The van der Waals surface area contributed by atoms with Crippen molar-refractivity contribution in [1.82, 2.24) is 4.90 Å². The molecule has 0 N–H and O–H groups in total. The third-order valence-electron chi connectivity index (χ3n) is 3.20. The maximum absolute atomic E-state index is 13.9. The Bertz CT molecular complexity index is 408. The van der Waals surface area contributed by atoms with Gasteiger partial charge in [0.15, 0.2) is 0 Å². The average molecular weight is 289 g/mol. The number of carbonyl (C=O) groups is 2. The fraction of sp³-hybridized carbons (Fsp3) is 0.846. The van der Waals surface area contributed by atoms with Gasteiger partial charge in [0.2, 0.25) is 0 Å². The van der Waals surface area contributed by atoms with Crippen molar-refractivity contribution < 1.29 is 28.2 Å². The van der Waals surface area contributed by atoms with Crippen LogP contribution in [0.2, 0.25) is 0 Å². The first-order valence-electron chi connectivity index (χ1n) is 6.61. The zero-order valence-corrected chi connectivity index (χ0v) is 12.1. The SMILES string of the molecule is CC(=O)O[C@H]1CO[C@H]2[C@@H]1N(C(=O)OC(C)(C)C)C[C@@H]2F. The third kappa shape index (κ3) is 3.03. The Balaban J connectivity index is 2.12. The molecule has 2 fully saturated rings. The fourth-order valence-corrected chi connectivity index (χ4v) is 2.56. The predicted molar refractivity (Wildman–Crippen MR) is 66.9 cm³/mol. The highest BCUT2D eigenvalue weighted by Crippen LogP contribution is 2.34. The predicted octanol–water partition coefficient (Wildman–Crippen LogP) is 1.27. The summed E-state index contributed by atoms with van der Waals surface area (Å²) in [5, 5.41) is 0. The summed E-state index contributed by atoms with van der Waals surface area (Å²) >= 11 is 0. The van der Waals surface area contributed by atoms with Crippen LogP contribution in [0.15, 0.2) is 0 Å². The maximum atomic E-state index is 13.9. The molecule has 7 heteroatoms. The molecule has 0 aromatic carbocycles. The first-order valence-corrected chi connectivity index (χ1v) is 6.61. The van der Waals surface area contributed by atoms with Crippen molar-refractivity contribution >= 4 is 12.1 Å². The van der Waals surface area contributed by atoms with E-state index in [2.05, 4.69) is 0 Å². The van der Waals surface area contributed by atoms with Crippen LogP contribution in [0.4, 0.5) is 9.18 Å². The molecule has 0 unspecified atom stereocenters. The molecule has 0 bridgehead atoms. The molecule has 20 heavy (non-hydrogen) atoms. The van der Waals surface area contributed by atoms with Crippen LogP contribution < -0.4 is 0 Å². The maximum Gasteiger partial charge on any atom is 0.410 e. The number of hydrogen-bond acceptors (Lipinski definition) is 5. The van der Waals surface area contributed by atoms with Crippen LogP contribution in [0, 0.1) is 0 Å². The number of nitrogens with zero attached hydrogens (tertiary/aromatic N) is 1. The number of hydrogen-bond donors (Lipinski definition) is 0. The van der Waals surface area contributed by atoms with E-state index in [0.29, 0.717) is 0 Å². The van der Waals surface area contributed by atoms with Crippen molar-refractivity contribution in [2.24, 2.45) is 0 Å². The monoisotopic (exact) mass is 289 g/mol. The minimum absolute atomic E-state index is 0.0919. The zero-order chi connectivity index (χ0) is 15.1. The van der Waals surface area contributed by atoms with Gasteiger partial charge in [0.25, 0.3) is 0 Å². The lowest BCUT2D eigenvalue weighted by Gasteiger charge is -2.29. The topological polar surface area (TPSA) is 65.1 Å². The average Bonchev–Trinajstić information content (AvgIpc) is 2.79. The molecule has 0 spiro atoms. The highest BCUT2D eigenvalue weighted by molar-refractivity contribution is 5.70. The molecule has 0 aromatic rings. The second-order valence-corrected chi connectivity index (χ2v) is 6.09. The van der Waals surface area contributed by atoms with Crippen LogP contribution in [0.5, 0.6) is 0 Å². The van der Waals surface area contributed by atoms with Crippen molar-refractivity contribution in [3.05, 3.63) is 0 Å². The Morgan fingerprint density at radius 3 is 2.55 bits per heavy atom. The lowest BCUT2D eigenvalue weighted by Crippen LogP contribution is -2.47. The highest BCUT2D eigenvalue weighted by atomic mass is 19.1. The minimum atomic E-state index is -1.30. The highest BCUT2D eigenvalue weighted by Gasteiger charge is 2.55. The molecule has 114 valence electrons. The van der Waals surface area contributed by atoms with Gasteiger partial charge in [-0.3, -0.25) is 9.69 Å². The van der Waals surface area contributed by atoms with Gasteiger partial charge in [0.05, 0.1) is 13.2 Å². The first kappa shape index (κ1) is 15.0. The van der Waals surface area contributed by atoms with E-state index in [4.69, 9.17) is 14.2 Å². The summed E-state index contributed by atoms with van der Waals surface area (Å²) in [5.74, 6) is -0.481. The van der Waals surface area contributed by atoms with Gasteiger partial charge in [-0.15, -0.1) is 0 Å². The van der Waals surface area contributed by atoms with Crippen LogP contribution in [-0.2, 0) is 19.0 Å². The van der Waals surface area contributed by atoms with E-state index < -0.39 is 42.1 Å². The van der Waals surface area contributed by atoms with E-state index in [9.17, 15) is 14.0 Å². The standard InChI is InChI=1S/C13H20FNO5/c1-7(16)19-9-6-18-11-8(14)5-15(10(9)11)12(17)20-13(2,3)4/h8-11H,5-6H2,1-4H3/t8-,9-,10+,11+/m0/s1. The molecule has 0 radical (unpaired) electrons. The zero-order valence-electron chi connectivity index (χ0n) is 12.1. The van der Waals surface area contributed by atoms with E-state index >= 15 is 0 Å². The molecule has 2 aliphatic heterocycles. The molecule has 1 amide bonds. The molecule has 2 saturated heterocycles. The second kappa shape index (κ2) is 5.20. The van der Waals surface area contributed by atoms with Crippen molar-refractivity contribution in [2.75, 3.05) is 13.2 Å². The summed E-state index contributed by atoms with van der Waals surface area (Å²) < 4.78 is 29.6. The number of ether oxygens (including phenoxy) is 3. The number of fused-ring (bicyclic) bond motifs is 1. The molecule has 2 heterocycles. The van der Waals surface area contributed by atoms with Gasteiger partial charge >= 0.3 is 12.1 Å². The van der Waals surface area contributed by atoms with Crippen LogP contribution in [0.25, 0.3) is 0 Å². The molecule has 0 aromatic heterocycles. The fourth-order valence-electron chi connectivity index (χ4n) is 2.56. The Morgan fingerprint density at radius 2 is 2.00 bits per heavy atom. The molecular weight excluding hydrogens is 269 g/mol. The van der Waals surface area contributed by atoms with Gasteiger partial charge in [0.1, 0.15) is 30.0 Å². The Kier molecular flexibility index (Phi) is 3.90. The third-order valence-corrected chi connectivity index (χ3v) is 3.20. The van der Waals surface area contributed by atoms with Crippen molar-refractivity contribution in [1.29, 1.82) is 0 Å². The molecule has 0 aliphatic carbocycles. The number of likely N-dealkylation sites (tertiary alicyclic amines) is 1. The summed E-state index contributed by atoms with van der Waals surface area (Å²) in [4.78, 5) is 24.5. The summed E-state index contributed by atoms with van der Waals surface area (Å²) in [5.41, 5.74) is -0.669. The van der Waals surface area contributed by atoms with Gasteiger partial charge in [-0.25, -0.2) is 9.18 Å². The second-order valence-electron chi connectivity index (χ2n) is 6.09. The van der Waals surface area contributed by atoms with Crippen LogP contribution in [-0.4, -0.2) is 60.1 Å². The molecule has 0 saturated carbocycles. The quantitative estimate of drug-likeness (QED) is 0.680. The summed E-state index contributed by atoms with van der Waals surface area (Å²) in [7, 11) is 0. The van der Waals surface area contributed by atoms with Crippen molar-refractivity contribution in [3.63, 3.8) is 0 Å². The van der Waals surface area contributed by atoms with Crippen LogP contribution >= 0.6 is 0 Å². The van der Waals surface area contributed by atoms with Crippen LogP contribution in [0.1, 0.15) is 27.7 Å². The normalized spacial score (nSPS) is 33.0. The summed E-state index contributed by atoms with van der Waals surface area (Å²) in [6, 6.07) is -0.622. The Labute approximate surface area is 117 Å². The lowest BCUT2D eigenvalue weighted by atomic mass is 10.1. The van der Waals surface area contributed by atoms with E-state index in [-0.39, 0.29) is 13.2 Å². The van der Waals surface area contributed by atoms with E-state index in [1.807, 2.05) is 0 Å². The number of carbonyl (C=O) groups excluding carboxylic acids is 2. The van der Waals surface area contributed by atoms with E-state index in [0.717, 1.165) is 0 Å². The van der Waals surface area contributed by atoms with Crippen molar-refractivity contribution in [2.45, 2.75) is 57.7 Å². The summed E-state index contributed by atoms with van der Waals surface area (Å²) in [6.45, 7) is 6.46. The van der Waals surface area contributed by atoms with E-state index in [1.165, 1.54) is 11.8 Å². The van der Waals surface area contributed by atoms with Gasteiger partial charge in [-0.05, 0) is 20.8 Å².